The van der Waals surface area contributed by atoms with Gasteiger partial charge in [0.25, 0.3) is 0 Å². The molecule has 1 aliphatic rings. The Labute approximate surface area is 113 Å². The molecule has 1 aromatic carbocycles. The van der Waals surface area contributed by atoms with E-state index in [1.54, 1.807) is 29.2 Å². The first-order chi connectivity index (χ1) is 8.90. The highest BCUT2D eigenvalue weighted by Gasteiger charge is 2.27. The number of hydrogen-bond donors (Lipinski definition) is 0. The minimum atomic E-state index is -3.16. The van der Waals surface area contributed by atoms with E-state index in [0.29, 0.717) is 24.4 Å². The number of amides is 1. The Kier molecular flexibility index (Phi) is 3.75. The molecule has 5 heteroatoms. The van der Waals surface area contributed by atoms with Crippen molar-refractivity contribution < 1.29 is 13.2 Å². The Morgan fingerprint density at radius 2 is 2.00 bits per heavy atom. The largest absolute Gasteiger partial charge is 0.338 e. The fourth-order valence-corrected chi connectivity index (χ4v) is 2.81. The summed E-state index contributed by atoms with van der Waals surface area (Å²) >= 11 is 0. The lowest BCUT2D eigenvalue weighted by molar-refractivity contribution is -0.128. The molecule has 1 heterocycles. The zero-order valence-electron chi connectivity index (χ0n) is 10.9. The van der Waals surface area contributed by atoms with Gasteiger partial charge in [-0.15, -0.1) is 6.58 Å². The monoisotopic (exact) mass is 279 g/mol. The summed E-state index contributed by atoms with van der Waals surface area (Å²) in [6.07, 6.45) is 3.51. The predicted molar refractivity (Wildman–Crippen MR) is 73.3 cm³/mol. The maximum atomic E-state index is 11.8. The van der Waals surface area contributed by atoms with Gasteiger partial charge in [0.05, 0.1) is 4.90 Å². The summed E-state index contributed by atoms with van der Waals surface area (Å²) < 4.78 is 22.7. The van der Waals surface area contributed by atoms with Crippen LogP contribution in [0.3, 0.4) is 0 Å². The van der Waals surface area contributed by atoms with Crippen LogP contribution in [0.4, 0.5) is 0 Å². The van der Waals surface area contributed by atoms with Crippen LogP contribution in [0, 0.1) is 5.92 Å². The van der Waals surface area contributed by atoms with E-state index in [1.165, 1.54) is 6.26 Å². The Morgan fingerprint density at radius 1 is 1.37 bits per heavy atom. The zero-order valence-corrected chi connectivity index (χ0v) is 11.7. The molecule has 1 atom stereocenters. The molecule has 0 bridgehead atoms. The van der Waals surface area contributed by atoms with E-state index in [9.17, 15) is 13.2 Å². The van der Waals surface area contributed by atoms with Gasteiger partial charge in [0.15, 0.2) is 9.84 Å². The van der Waals surface area contributed by atoms with Gasteiger partial charge < -0.3 is 4.90 Å². The summed E-state index contributed by atoms with van der Waals surface area (Å²) in [5.41, 5.74) is 0.936. The Hall–Kier alpha value is -1.62. The van der Waals surface area contributed by atoms with Gasteiger partial charge >= 0.3 is 0 Å². The van der Waals surface area contributed by atoms with Crippen LogP contribution in [0.1, 0.15) is 12.0 Å². The van der Waals surface area contributed by atoms with Crippen molar-refractivity contribution in [3.63, 3.8) is 0 Å². The van der Waals surface area contributed by atoms with E-state index < -0.39 is 9.84 Å². The Balaban J connectivity index is 2.08. The summed E-state index contributed by atoms with van der Waals surface area (Å²) in [6.45, 7) is 4.92. The van der Waals surface area contributed by atoms with Gasteiger partial charge in [-0.1, -0.05) is 18.2 Å². The van der Waals surface area contributed by atoms with E-state index >= 15 is 0 Å². The van der Waals surface area contributed by atoms with Gasteiger partial charge in [-0.2, -0.15) is 0 Å². The van der Waals surface area contributed by atoms with Crippen molar-refractivity contribution in [1.29, 1.82) is 0 Å². The van der Waals surface area contributed by atoms with E-state index in [2.05, 4.69) is 6.58 Å². The fourth-order valence-electron chi connectivity index (χ4n) is 2.18. The van der Waals surface area contributed by atoms with Crippen molar-refractivity contribution in [2.24, 2.45) is 5.92 Å². The molecule has 0 aromatic heterocycles. The molecule has 4 nitrogen and oxygen atoms in total. The first kappa shape index (κ1) is 13.8. The first-order valence-electron chi connectivity index (χ1n) is 6.09. The van der Waals surface area contributed by atoms with Crippen LogP contribution in [0.25, 0.3) is 0 Å². The van der Waals surface area contributed by atoms with Crippen molar-refractivity contribution in [2.45, 2.75) is 17.9 Å². The van der Waals surface area contributed by atoms with Gasteiger partial charge in [0.1, 0.15) is 0 Å². The number of sulfone groups is 1. The van der Waals surface area contributed by atoms with Crippen molar-refractivity contribution in [2.75, 3.05) is 12.8 Å². The topological polar surface area (TPSA) is 54.5 Å². The smallest absolute Gasteiger partial charge is 0.223 e. The van der Waals surface area contributed by atoms with Gasteiger partial charge in [0, 0.05) is 31.7 Å². The number of hydrogen-bond acceptors (Lipinski definition) is 3. The van der Waals surface area contributed by atoms with Gasteiger partial charge in [-0.25, -0.2) is 8.42 Å². The summed E-state index contributed by atoms with van der Waals surface area (Å²) in [4.78, 5) is 13.8. The molecular formula is C14H17NO3S. The van der Waals surface area contributed by atoms with E-state index in [0.717, 1.165) is 5.56 Å². The SMILES string of the molecule is C=CC1CC(=O)N(Cc2ccc(S(C)(=O)=O)cc2)C1. The summed E-state index contributed by atoms with van der Waals surface area (Å²) in [7, 11) is -3.16. The van der Waals surface area contributed by atoms with Gasteiger partial charge in [-0.05, 0) is 17.7 Å². The van der Waals surface area contributed by atoms with Crippen LogP contribution in [0.5, 0.6) is 0 Å². The maximum Gasteiger partial charge on any atom is 0.223 e. The molecule has 102 valence electrons. The minimum Gasteiger partial charge on any atom is -0.338 e. The molecule has 1 amide bonds. The van der Waals surface area contributed by atoms with Crippen molar-refractivity contribution in [1.82, 2.24) is 4.90 Å². The maximum absolute atomic E-state index is 11.8. The molecule has 1 unspecified atom stereocenters. The average Bonchev–Trinajstić information content (AvgIpc) is 2.70. The summed E-state index contributed by atoms with van der Waals surface area (Å²) in [6, 6.07) is 6.67. The van der Waals surface area contributed by atoms with Crippen molar-refractivity contribution in [3.05, 3.63) is 42.5 Å². The second kappa shape index (κ2) is 5.17. The number of likely N-dealkylation sites (tertiary alicyclic amines) is 1. The zero-order chi connectivity index (χ0) is 14.0. The van der Waals surface area contributed by atoms with Crippen LogP contribution in [0.15, 0.2) is 41.8 Å². The molecule has 19 heavy (non-hydrogen) atoms. The Bertz CT molecular complexity index is 590. The molecule has 2 rings (SSSR count). The fraction of sp³-hybridized carbons (Fsp3) is 0.357. The van der Waals surface area contributed by atoms with Crippen LogP contribution in [-0.4, -0.2) is 32.0 Å². The third-order valence-corrected chi connectivity index (χ3v) is 4.43. The highest BCUT2D eigenvalue weighted by molar-refractivity contribution is 7.90. The van der Waals surface area contributed by atoms with Gasteiger partial charge in [0.2, 0.25) is 5.91 Å². The second-order valence-electron chi connectivity index (χ2n) is 4.89. The van der Waals surface area contributed by atoms with E-state index in [-0.39, 0.29) is 11.8 Å². The van der Waals surface area contributed by atoms with Crippen LogP contribution in [0.2, 0.25) is 0 Å². The van der Waals surface area contributed by atoms with Crippen molar-refractivity contribution in [3.8, 4) is 0 Å². The number of carbonyl (C=O) groups excluding carboxylic acids is 1. The lowest BCUT2D eigenvalue weighted by Gasteiger charge is -2.16. The molecule has 0 radical (unpaired) electrons. The first-order valence-corrected chi connectivity index (χ1v) is 7.98. The number of carbonyl (C=O) groups is 1. The molecule has 0 saturated carbocycles. The molecule has 1 saturated heterocycles. The minimum absolute atomic E-state index is 0.122. The predicted octanol–water partition coefficient (Wildman–Crippen LogP) is 1.62. The number of nitrogens with zero attached hydrogens (tertiary/aromatic N) is 1. The van der Waals surface area contributed by atoms with Crippen LogP contribution >= 0.6 is 0 Å². The Morgan fingerprint density at radius 3 is 2.47 bits per heavy atom. The third kappa shape index (κ3) is 3.23. The normalized spacial score (nSPS) is 19.7. The molecule has 0 N–H and O–H groups in total. The van der Waals surface area contributed by atoms with Crippen LogP contribution < -0.4 is 0 Å². The van der Waals surface area contributed by atoms with Gasteiger partial charge in [-0.3, -0.25) is 4.79 Å². The van der Waals surface area contributed by atoms with Crippen LogP contribution in [-0.2, 0) is 21.2 Å². The van der Waals surface area contributed by atoms with Crippen molar-refractivity contribution >= 4 is 15.7 Å². The van der Waals surface area contributed by atoms with E-state index in [4.69, 9.17) is 0 Å². The third-order valence-electron chi connectivity index (χ3n) is 3.30. The highest BCUT2D eigenvalue weighted by atomic mass is 32.2. The molecule has 1 aromatic rings. The molecule has 0 spiro atoms. The highest BCUT2D eigenvalue weighted by Crippen LogP contribution is 2.21. The lowest BCUT2D eigenvalue weighted by atomic mass is 10.1. The molecule has 1 aliphatic heterocycles. The lowest BCUT2D eigenvalue weighted by Crippen LogP contribution is -2.24. The number of benzene rings is 1. The molecular weight excluding hydrogens is 262 g/mol. The summed E-state index contributed by atoms with van der Waals surface area (Å²) in [5, 5.41) is 0. The van der Waals surface area contributed by atoms with E-state index in [1.807, 2.05) is 6.08 Å². The summed E-state index contributed by atoms with van der Waals surface area (Å²) in [5.74, 6) is 0.347. The quantitative estimate of drug-likeness (QED) is 0.787. The number of rotatable bonds is 4. The standard InChI is InChI=1S/C14H17NO3S/c1-3-11-8-14(16)15(9-11)10-12-4-6-13(7-5-12)19(2,17)18/h3-7,11H,1,8-10H2,2H3. The molecule has 1 fully saturated rings. The second-order valence-corrected chi connectivity index (χ2v) is 6.91. The molecule has 0 aliphatic carbocycles. The average molecular weight is 279 g/mol.